The standard InChI is InChI=1S/C18H17ClN2O2S/c1-12-11-24-18(20-12)21(15-7-5-14(19)6-8-15)17(22)13-3-9-16(23-2)10-4-13/h3-10,12H,11H2,1-2H3. The van der Waals surface area contributed by atoms with E-state index >= 15 is 0 Å². The number of thioether (sulfide) groups is 1. The molecule has 6 heteroatoms. The van der Waals surface area contributed by atoms with E-state index in [0.29, 0.717) is 21.5 Å². The smallest absolute Gasteiger partial charge is 0.264 e. The highest BCUT2D eigenvalue weighted by molar-refractivity contribution is 8.14. The lowest BCUT2D eigenvalue weighted by molar-refractivity contribution is 0.100. The molecule has 1 heterocycles. The van der Waals surface area contributed by atoms with Gasteiger partial charge >= 0.3 is 0 Å². The maximum Gasteiger partial charge on any atom is 0.264 e. The molecular formula is C18H17ClN2O2S. The highest BCUT2D eigenvalue weighted by atomic mass is 35.5. The number of carbonyl (C=O) groups excluding carboxylic acids is 1. The summed E-state index contributed by atoms with van der Waals surface area (Å²) in [6.45, 7) is 2.04. The van der Waals surface area contributed by atoms with E-state index in [4.69, 9.17) is 16.3 Å². The van der Waals surface area contributed by atoms with Gasteiger partial charge in [-0.25, -0.2) is 0 Å². The number of carbonyl (C=O) groups is 1. The van der Waals surface area contributed by atoms with Gasteiger partial charge in [-0.05, 0) is 55.5 Å². The third-order valence-electron chi connectivity index (χ3n) is 3.60. The van der Waals surface area contributed by atoms with Crippen LogP contribution in [-0.2, 0) is 0 Å². The monoisotopic (exact) mass is 360 g/mol. The molecule has 1 aliphatic rings. The van der Waals surface area contributed by atoms with E-state index < -0.39 is 0 Å². The Balaban J connectivity index is 1.98. The van der Waals surface area contributed by atoms with Crippen LogP contribution >= 0.6 is 23.4 Å². The van der Waals surface area contributed by atoms with E-state index in [-0.39, 0.29) is 11.9 Å². The van der Waals surface area contributed by atoms with Crippen molar-refractivity contribution in [2.45, 2.75) is 13.0 Å². The van der Waals surface area contributed by atoms with Gasteiger partial charge in [0, 0.05) is 16.3 Å². The zero-order valence-electron chi connectivity index (χ0n) is 13.4. The Morgan fingerprint density at radius 2 is 1.88 bits per heavy atom. The zero-order chi connectivity index (χ0) is 17.1. The summed E-state index contributed by atoms with van der Waals surface area (Å²) in [6, 6.07) is 14.5. The van der Waals surface area contributed by atoms with Crippen molar-refractivity contribution in [3.05, 3.63) is 59.1 Å². The lowest BCUT2D eigenvalue weighted by atomic mass is 10.2. The van der Waals surface area contributed by atoms with Crippen molar-refractivity contribution in [3.8, 4) is 5.75 Å². The molecule has 0 radical (unpaired) electrons. The summed E-state index contributed by atoms with van der Waals surface area (Å²) in [5.74, 6) is 1.46. The molecule has 0 spiro atoms. The summed E-state index contributed by atoms with van der Waals surface area (Å²) in [7, 11) is 1.60. The number of aliphatic imine (C=N–C) groups is 1. The number of methoxy groups -OCH3 is 1. The van der Waals surface area contributed by atoms with Gasteiger partial charge in [-0.1, -0.05) is 23.4 Å². The number of nitrogens with zero attached hydrogens (tertiary/aromatic N) is 2. The molecule has 2 aromatic carbocycles. The van der Waals surface area contributed by atoms with Gasteiger partial charge in [-0.15, -0.1) is 0 Å². The summed E-state index contributed by atoms with van der Waals surface area (Å²) < 4.78 is 5.15. The fourth-order valence-electron chi connectivity index (χ4n) is 2.35. The second-order valence-electron chi connectivity index (χ2n) is 5.42. The van der Waals surface area contributed by atoms with Crippen molar-refractivity contribution < 1.29 is 9.53 Å². The number of hydrogen-bond acceptors (Lipinski definition) is 4. The van der Waals surface area contributed by atoms with Gasteiger partial charge in [0.15, 0.2) is 5.17 Å². The van der Waals surface area contributed by atoms with Crippen LogP contribution in [0.15, 0.2) is 53.5 Å². The molecule has 0 bridgehead atoms. The van der Waals surface area contributed by atoms with Gasteiger partial charge in [0.1, 0.15) is 5.75 Å². The van der Waals surface area contributed by atoms with Crippen LogP contribution in [0.5, 0.6) is 5.75 Å². The van der Waals surface area contributed by atoms with Gasteiger partial charge in [0.2, 0.25) is 0 Å². The molecule has 0 fully saturated rings. The van der Waals surface area contributed by atoms with Crippen molar-refractivity contribution >= 4 is 40.1 Å². The number of hydrogen-bond donors (Lipinski definition) is 0. The molecule has 2 aromatic rings. The summed E-state index contributed by atoms with van der Waals surface area (Å²) in [5, 5.41) is 1.34. The molecule has 124 valence electrons. The normalized spacial score (nSPS) is 16.6. The maximum absolute atomic E-state index is 13.1. The number of amides is 1. The summed E-state index contributed by atoms with van der Waals surface area (Å²) in [4.78, 5) is 19.3. The highest BCUT2D eigenvalue weighted by Crippen LogP contribution is 2.28. The Morgan fingerprint density at radius 3 is 2.42 bits per heavy atom. The molecule has 1 atom stereocenters. The maximum atomic E-state index is 13.1. The van der Waals surface area contributed by atoms with Crippen molar-refractivity contribution in [2.75, 3.05) is 17.8 Å². The predicted octanol–water partition coefficient (Wildman–Crippen LogP) is 4.49. The third kappa shape index (κ3) is 3.57. The van der Waals surface area contributed by atoms with Crippen LogP contribution in [0, 0.1) is 0 Å². The molecule has 0 saturated carbocycles. The van der Waals surface area contributed by atoms with Crippen molar-refractivity contribution in [1.29, 1.82) is 0 Å². The Bertz CT molecular complexity index is 760. The average molecular weight is 361 g/mol. The molecule has 1 amide bonds. The van der Waals surface area contributed by atoms with Crippen molar-refractivity contribution in [1.82, 2.24) is 0 Å². The van der Waals surface area contributed by atoms with Crippen LogP contribution in [0.25, 0.3) is 0 Å². The lowest BCUT2D eigenvalue weighted by Gasteiger charge is -2.22. The summed E-state index contributed by atoms with van der Waals surface area (Å²) in [6.07, 6.45) is 0. The number of amidine groups is 1. The van der Waals surface area contributed by atoms with Crippen LogP contribution in [0.1, 0.15) is 17.3 Å². The third-order valence-corrected chi connectivity index (χ3v) is 5.05. The zero-order valence-corrected chi connectivity index (χ0v) is 15.0. The largest absolute Gasteiger partial charge is 0.497 e. The van der Waals surface area contributed by atoms with Crippen LogP contribution in [-0.4, -0.2) is 30.0 Å². The Morgan fingerprint density at radius 1 is 1.21 bits per heavy atom. The van der Waals surface area contributed by atoms with Gasteiger partial charge in [0.25, 0.3) is 5.91 Å². The topological polar surface area (TPSA) is 41.9 Å². The summed E-state index contributed by atoms with van der Waals surface area (Å²) >= 11 is 7.56. The van der Waals surface area contributed by atoms with E-state index in [1.807, 2.05) is 19.1 Å². The molecule has 4 nitrogen and oxygen atoms in total. The van der Waals surface area contributed by atoms with E-state index in [9.17, 15) is 4.79 Å². The second-order valence-corrected chi connectivity index (χ2v) is 6.84. The summed E-state index contributed by atoms with van der Waals surface area (Å²) in [5.41, 5.74) is 1.33. The molecule has 1 unspecified atom stereocenters. The molecule has 3 rings (SSSR count). The molecular weight excluding hydrogens is 344 g/mol. The first-order valence-corrected chi connectivity index (χ1v) is 8.89. The van der Waals surface area contributed by atoms with Crippen LogP contribution in [0.3, 0.4) is 0 Å². The van der Waals surface area contributed by atoms with E-state index in [1.165, 1.54) is 0 Å². The Labute approximate surface area is 150 Å². The average Bonchev–Trinajstić information content (AvgIpc) is 3.03. The fourth-order valence-corrected chi connectivity index (χ4v) is 3.51. The minimum absolute atomic E-state index is 0.125. The molecule has 0 saturated heterocycles. The Kier molecular flexibility index (Phi) is 5.11. The number of halogens is 1. The quantitative estimate of drug-likeness (QED) is 0.810. The SMILES string of the molecule is COc1ccc(C(=O)N(C2=NC(C)CS2)c2ccc(Cl)cc2)cc1. The highest BCUT2D eigenvalue weighted by Gasteiger charge is 2.27. The van der Waals surface area contributed by atoms with E-state index in [0.717, 1.165) is 11.4 Å². The minimum atomic E-state index is -0.125. The molecule has 0 aromatic heterocycles. The molecule has 0 N–H and O–H groups in total. The van der Waals surface area contributed by atoms with Crippen molar-refractivity contribution in [2.24, 2.45) is 4.99 Å². The lowest BCUT2D eigenvalue weighted by Crippen LogP contribution is -2.34. The number of rotatable bonds is 3. The minimum Gasteiger partial charge on any atom is -0.497 e. The predicted molar refractivity (Wildman–Crippen MR) is 101 cm³/mol. The second kappa shape index (κ2) is 7.28. The van der Waals surface area contributed by atoms with Gasteiger partial charge < -0.3 is 4.74 Å². The first kappa shape index (κ1) is 16.9. The van der Waals surface area contributed by atoms with Crippen LogP contribution < -0.4 is 9.64 Å². The van der Waals surface area contributed by atoms with Gasteiger partial charge in [0.05, 0.1) is 18.8 Å². The van der Waals surface area contributed by atoms with Gasteiger partial charge in [-0.2, -0.15) is 0 Å². The van der Waals surface area contributed by atoms with Crippen LogP contribution in [0.4, 0.5) is 5.69 Å². The first-order valence-electron chi connectivity index (χ1n) is 7.53. The number of ether oxygens (including phenoxy) is 1. The van der Waals surface area contributed by atoms with Gasteiger partial charge in [-0.3, -0.25) is 14.7 Å². The molecule has 0 aliphatic carbocycles. The number of anilines is 1. The van der Waals surface area contributed by atoms with E-state index in [1.54, 1.807) is 60.2 Å². The molecule has 1 aliphatic heterocycles. The number of benzene rings is 2. The van der Waals surface area contributed by atoms with E-state index in [2.05, 4.69) is 4.99 Å². The first-order chi connectivity index (χ1) is 11.6. The van der Waals surface area contributed by atoms with Crippen molar-refractivity contribution in [3.63, 3.8) is 0 Å². The molecule has 24 heavy (non-hydrogen) atoms. The van der Waals surface area contributed by atoms with Crippen LogP contribution in [0.2, 0.25) is 5.02 Å². The Hall–Kier alpha value is -1.98. The fraction of sp³-hybridized carbons (Fsp3) is 0.222.